The van der Waals surface area contributed by atoms with Crippen LogP contribution in [0.3, 0.4) is 0 Å². The minimum atomic E-state index is -3.71. The zero-order valence-corrected chi connectivity index (χ0v) is 13.3. The van der Waals surface area contributed by atoms with Gasteiger partial charge in [-0.25, -0.2) is 13.1 Å². The van der Waals surface area contributed by atoms with E-state index in [1.165, 1.54) is 18.2 Å². The number of primary amides is 1. The molecule has 0 radical (unpaired) electrons. The lowest BCUT2D eigenvalue weighted by Gasteiger charge is -2.21. The summed E-state index contributed by atoms with van der Waals surface area (Å²) in [6.45, 7) is 4.90. The molecule has 118 valence electrons. The van der Waals surface area contributed by atoms with Gasteiger partial charge in [-0.2, -0.15) is 0 Å². The van der Waals surface area contributed by atoms with Gasteiger partial charge in [-0.05, 0) is 39.1 Å². The van der Waals surface area contributed by atoms with Crippen molar-refractivity contribution in [1.82, 2.24) is 9.62 Å². The van der Waals surface area contributed by atoms with E-state index >= 15 is 0 Å². The zero-order valence-electron chi connectivity index (χ0n) is 12.5. The lowest BCUT2D eigenvalue weighted by molar-refractivity contribution is 0.1000. The summed E-state index contributed by atoms with van der Waals surface area (Å²) >= 11 is 0. The van der Waals surface area contributed by atoms with Crippen LogP contribution in [0.4, 0.5) is 5.69 Å². The van der Waals surface area contributed by atoms with E-state index in [9.17, 15) is 13.2 Å². The van der Waals surface area contributed by atoms with Crippen LogP contribution in [0.1, 0.15) is 24.2 Å². The number of benzene rings is 1. The van der Waals surface area contributed by atoms with Crippen molar-refractivity contribution < 1.29 is 13.2 Å². The molecule has 0 unspecified atom stereocenters. The van der Waals surface area contributed by atoms with Crippen LogP contribution >= 0.6 is 0 Å². The monoisotopic (exact) mass is 314 g/mol. The van der Waals surface area contributed by atoms with Crippen LogP contribution < -0.4 is 16.2 Å². The molecule has 0 saturated carbocycles. The number of anilines is 1. The molecule has 0 atom stereocenters. The molecule has 5 N–H and O–H groups in total. The number of nitrogens with two attached hydrogens (primary N) is 2. The first-order chi connectivity index (χ1) is 9.65. The largest absolute Gasteiger partial charge is 0.398 e. The molecule has 0 aromatic heterocycles. The fourth-order valence-electron chi connectivity index (χ4n) is 1.64. The second-order valence-corrected chi connectivity index (χ2v) is 6.82. The second kappa shape index (κ2) is 6.88. The lowest BCUT2D eigenvalue weighted by Crippen LogP contribution is -2.36. The number of carbonyl (C=O) groups is 1. The van der Waals surface area contributed by atoms with Gasteiger partial charge in [0.15, 0.2) is 0 Å². The first-order valence-electron chi connectivity index (χ1n) is 6.54. The maximum absolute atomic E-state index is 12.2. The molecule has 0 aliphatic heterocycles. The summed E-state index contributed by atoms with van der Waals surface area (Å²) in [5, 5.41) is 0. The molecule has 0 bridgehead atoms. The molecule has 0 saturated heterocycles. The van der Waals surface area contributed by atoms with E-state index in [1.54, 1.807) is 0 Å². The van der Waals surface area contributed by atoms with E-state index in [0.717, 1.165) is 0 Å². The van der Waals surface area contributed by atoms with E-state index in [4.69, 9.17) is 11.5 Å². The van der Waals surface area contributed by atoms with Crippen molar-refractivity contribution in [3.05, 3.63) is 23.8 Å². The van der Waals surface area contributed by atoms with Crippen molar-refractivity contribution in [3.8, 4) is 0 Å². The maximum Gasteiger partial charge on any atom is 0.248 e. The first-order valence-corrected chi connectivity index (χ1v) is 8.02. The van der Waals surface area contributed by atoms with Crippen molar-refractivity contribution in [2.45, 2.75) is 24.8 Å². The lowest BCUT2D eigenvalue weighted by atomic mass is 10.2. The van der Waals surface area contributed by atoms with Crippen LogP contribution in [-0.2, 0) is 10.0 Å². The van der Waals surface area contributed by atoms with Crippen molar-refractivity contribution in [2.24, 2.45) is 5.73 Å². The zero-order chi connectivity index (χ0) is 16.2. The fraction of sp³-hybridized carbons (Fsp3) is 0.462. The van der Waals surface area contributed by atoms with Crippen LogP contribution in [0.2, 0.25) is 0 Å². The molecule has 0 spiro atoms. The van der Waals surface area contributed by atoms with Crippen molar-refractivity contribution in [1.29, 1.82) is 0 Å². The Morgan fingerprint density at radius 2 is 2.00 bits per heavy atom. The van der Waals surface area contributed by atoms with Crippen molar-refractivity contribution in [3.63, 3.8) is 0 Å². The first kappa shape index (κ1) is 17.4. The predicted molar refractivity (Wildman–Crippen MR) is 82.3 cm³/mol. The van der Waals surface area contributed by atoms with Gasteiger partial charge in [0.1, 0.15) is 4.90 Å². The van der Waals surface area contributed by atoms with Crippen LogP contribution in [0.25, 0.3) is 0 Å². The number of nitrogen functional groups attached to an aromatic ring is 1. The molecule has 0 fully saturated rings. The number of sulfonamides is 1. The topological polar surface area (TPSA) is 119 Å². The van der Waals surface area contributed by atoms with Gasteiger partial charge in [0.25, 0.3) is 0 Å². The minimum absolute atomic E-state index is 0.00369. The van der Waals surface area contributed by atoms with Gasteiger partial charge < -0.3 is 16.4 Å². The predicted octanol–water partition coefficient (Wildman–Crippen LogP) is -0.0138. The highest BCUT2D eigenvalue weighted by Crippen LogP contribution is 2.19. The van der Waals surface area contributed by atoms with Crippen LogP contribution in [-0.4, -0.2) is 45.4 Å². The van der Waals surface area contributed by atoms with E-state index in [2.05, 4.69) is 4.72 Å². The highest BCUT2D eigenvalue weighted by Gasteiger charge is 2.18. The van der Waals surface area contributed by atoms with Crippen LogP contribution in [0, 0.1) is 0 Å². The van der Waals surface area contributed by atoms with Gasteiger partial charge in [0, 0.05) is 24.7 Å². The number of rotatable bonds is 7. The molecule has 1 aromatic rings. The summed E-state index contributed by atoms with van der Waals surface area (Å²) < 4.78 is 26.8. The molecule has 7 nitrogen and oxygen atoms in total. The third-order valence-electron chi connectivity index (χ3n) is 3.22. The number of carbonyl (C=O) groups excluding carboxylic acids is 1. The average molecular weight is 314 g/mol. The third kappa shape index (κ3) is 4.69. The highest BCUT2D eigenvalue weighted by molar-refractivity contribution is 7.89. The van der Waals surface area contributed by atoms with E-state index in [0.29, 0.717) is 12.6 Å². The van der Waals surface area contributed by atoms with Crippen molar-refractivity contribution >= 4 is 21.6 Å². The Morgan fingerprint density at radius 3 is 2.48 bits per heavy atom. The van der Waals surface area contributed by atoms with Gasteiger partial charge in [-0.3, -0.25) is 4.79 Å². The van der Waals surface area contributed by atoms with Crippen molar-refractivity contribution in [2.75, 3.05) is 25.9 Å². The number of hydrogen-bond acceptors (Lipinski definition) is 5. The Bertz CT molecular complexity index is 614. The standard InChI is InChI=1S/C13H22N4O3S/c1-9(2)17(3)7-6-16-21(19,20)12-5-4-10(13(15)18)8-11(12)14/h4-5,8-9,16H,6-7,14H2,1-3H3,(H2,15,18). The van der Waals surface area contributed by atoms with E-state index in [1.807, 2.05) is 25.8 Å². The van der Waals surface area contributed by atoms with Gasteiger partial charge in [-0.1, -0.05) is 0 Å². The summed E-state index contributed by atoms with van der Waals surface area (Å²) in [5.74, 6) is -0.655. The number of nitrogens with one attached hydrogen (secondary N) is 1. The Kier molecular flexibility index (Phi) is 5.70. The minimum Gasteiger partial charge on any atom is -0.398 e. The molecule has 0 heterocycles. The second-order valence-electron chi connectivity index (χ2n) is 5.09. The number of likely N-dealkylation sites (N-methyl/N-ethyl adjacent to an activating group) is 1. The molecule has 0 aliphatic rings. The third-order valence-corrected chi connectivity index (χ3v) is 4.76. The average Bonchev–Trinajstić information content (AvgIpc) is 2.37. The maximum atomic E-state index is 12.2. The SMILES string of the molecule is CC(C)N(C)CCNS(=O)(=O)c1ccc(C(N)=O)cc1N. The normalized spacial score (nSPS) is 12.0. The molecular formula is C13H22N4O3S. The number of nitrogens with zero attached hydrogens (tertiary/aromatic N) is 1. The molecule has 21 heavy (non-hydrogen) atoms. The van der Waals surface area contributed by atoms with Gasteiger partial charge in [-0.15, -0.1) is 0 Å². The van der Waals surface area contributed by atoms with E-state index < -0.39 is 15.9 Å². The van der Waals surface area contributed by atoms with Gasteiger partial charge in [0.2, 0.25) is 15.9 Å². The van der Waals surface area contributed by atoms with Gasteiger partial charge in [0.05, 0.1) is 5.69 Å². The van der Waals surface area contributed by atoms with Crippen LogP contribution in [0.5, 0.6) is 0 Å². The summed E-state index contributed by atoms with van der Waals surface area (Å²) in [5.41, 5.74) is 11.0. The molecule has 1 amide bonds. The Hall–Kier alpha value is -1.64. The summed E-state index contributed by atoms with van der Waals surface area (Å²) in [6.07, 6.45) is 0. The summed E-state index contributed by atoms with van der Waals surface area (Å²) in [4.78, 5) is 13.0. The summed E-state index contributed by atoms with van der Waals surface area (Å²) in [7, 11) is -1.80. The molecule has 0 aliphatic carbocycles. The summed E-state index contributed by atoms with van der Waals surface area (Å²) in [6, 6.07) is 4.21. The Morgan fingerprint density at radius 1 is 1.38 bits per heavy atom. The number of amides is 1. The molecule has 1 aromatic carbocycles. The molecule has 8 heteroatoms. The van der Waals surface area contributed by atoms with Gasteiger partial charge >= 0.3 is 0 Å². The number of hydrogen-bond donors (Lipinski definition) is 3. The molecular weight excluding hydrogens is 292 g/mol. The van der Waals surface area contributed by atoms with Crippen LogP contribution in [0.15, 0.2) is 23.1 Å². The quantitative estimate of drug-likeness (QED) is 0.611. The molecule has 1 rings (SSSR count). The fourth-order valence-corrected chi connectivity index (χ4v) is 2.77. The Balaban J connectivity index is 2.82. The smallest absolute Gasteiger partial charge is 0.248 e. The Labute approximate surface area is 125 Å². The highest BCUT2D eigenvalue weighted by atomic mass is 32.2. The van der Waals surface area contributed by atoms with E-state index in [-0.39, 0.29) is 22.7 Å².